The quantitative estimate of drug-likeness (QED) is 0.727. The lowest BCUT2D eigenvalue weighted by molar-refractivity contribution is -0.248. The monoisotopic (exact) mass is 252 g/mol. The van der Waals surface area contributed by atoms with Crippen LogP contribution in [-0.4, -0.2) is 46.4 Å². The van der Waals surface area contributed by atoms with Crippen molar-refractivity contribution in [2.45, 2.75) is 58.0 Å². The molecule has 1 saturated heterocycles. The first-order valence-electron chi connectivity index (χ1n) is 7.09. The predicted octanol–water partition coefficient (Wildman–Crippen LogP) is 2.91. The zero-order valence-electron chi connectivity index (χ0n) is 12.5. The largest absolute Gasteiger partial charge is 0.313 e. The fourth-order valence-electron chi connectivity index (χ4n) is 3.69. The Morgan fingerprint density at radius 1 is 1.17 bits per heavy atom. The summed E-state index contributed by atoms with van der Waals surface area (Å²) in [5.41, 5.74) is 1.36. The molecule has 2 aliphatic rings. The van der Waals surface area contributed by atoms with Crippen LogP contribution in [0.4, 0.5) is 0 Å². The van der Waals surface area contributed by atoms with Gasteiger partial charge in [-0.3, -0.25) is 0 Å². The van der Waals surface area contributed by atoms with Gasteiger partial charge in [0.25, 0.3) is 0 Å². The highest BCUT2D eigenvalue weighted by Gasteiger charge is 2.45. The summed E-state index contributed by atoms with van der Waals surface area (Å²) >= 11 is 0. The summed E-state index contributed by atoms with van der Waals surface area (Å²) < 4.78 is 0. The fourth-order valence-corrected chi connectivity index (χ4v) is 3.69. The molecular weight excluding hydrogens is 224 g/mol. The molecular formula is C15H28N2O. The molecule has 0 amide bonds. The van der Waals surface area contributed by atoms with E-state index in [4.69, 9.17) is 0 Å². The molecule has 0 aliphatic carbocycles. The van der Waals surface area contributed by atoms with Gasteiger partial charge in [-0.2, -0.15) is 5.06 Å². The van der Waals surface area contributed by atoms with Crippen LogP contribution in [0.25, 0.3) is 0 Å². The maximum absolute atomic E-state index is 10.3. The molecule has 0 unspecified atom stereocenters. The fraction of sp³-hybridized carbons (Fsp3) is 0.867. The van der Waals surface area contributed by atoms with Crippen LogP contribution >= 0.6 is 0 Å². The van der Waals surface area contributed by atoms with E-state index in [1.807, 2.05) is 0 Å². The molecule has 0 spiro atoms. The number of rotatable bonds is 1. The molecule has 2 rings (SSSR count). The average molecular weight is 252 g/mol. The van der Waals surface area contributed by atoms with Gasteiger partial charge in [-0.1, -0.05) is 11.6 Å². The predicted molar refractivity (Wildman–Crippen MR) is 74.7 cm³/mol. The van der Waals surface area contributed by atoms with Crippen LogP contribution in [0, 0.1) is 5.92 Å². The minimum Gasteiger partial charge on any atom is -0.313 e. The van der Waals surface area contributed by atoms with Gasteiger partial charge in [0.05, 0.1) is 0 Å². The summed E-state index contributed by atoms with van der Waals surface area (Å²) in [6.07, 6.45) is 5.72. The van der Waals surface area contributed by atoms with Gasteiger partial charge in [-0.05, 0) is 59.9 Å². The smallest absolute Gasteiger partial charge is 0.0416 e. The van der Waals surface area contributed by atoms with E-state index in [-0.39, 0.29) is 11.1 Å². The second kappa shape index (κ2) is 4.62. The molecule has 0 aromatic rings. The number of piperidine rings is 1. The van der Waals surface area contributed by atoms with Gasteiger partial charge in [0.15, 0.2) is 0 Å². The standard InChI is InChI=1S/C15H28N2O/c1-14(2)10-13(11-15(3,4)17(14)18)12-6-8-16(5)9-7-12/h6,13,18H,7-11H2,1-5H3. The lowest BCUT2D eigenvalue weighted by Gasteiger charge is -2.52. The van der Waals surface area contributed by atoms with Crippen molar-refractivity contribution < 1.29 is 5.21 Å². The summed E-state index contributed by atoms with van der Waals surface area (Å²) in [5, 5.41) is 11.9. The van der Waals surface area contributed by atoms with Crippen LogP contribution in [0.5, 0.6) is 0 Å². The summed E-state index contributed by atoms with van der Waals surface area (Å²) in [7, 11) is 2.18. The van der Waals surface area contributed by atoms with Crippen molar-refractivity contribution in [2.75, 3.05) is 20.1 Å². The van der Waals surface area contributed by atoms with E-state index >= 15 is 0 Å². The van der Waals surface area contributed by atoms with Gasteiger partial charge in [0.1, 0.15) is 0 Å². The molecule has 0 radical (unpaired) electrons. The molecule has 1 N–H and O–H groups in total. The van der Waals surface area contributed by atoms with Gasteiger partial charge in [0.2, 0.25) is 0 Å². The second-order valence-electron chi connectivity index (χ2n) is 7.33. The molecule has 0 atom stereocenters. The number of hydrogen-bond acceptors (Lipinski definition) is 3. The third-order valence-corrected chi connectivity index (χ3v) is 4.61. The minimum atomic E-state index is -0.128. The Kier molecular flexibility index (Phi) is 3.60. The summed E-state index contributed by atoms with van der Waals surface area (Å²) in [4.78, 5) is 2.36. The third kappa shape index (κ3) is 2.63. The molecule has 1 fully saturated rings. The molecule has 0 aromatic carbocycles. The van der Waals surface area contributed by atoms with Crippen molar-refractivity contribution in [3.8, 4) is 0 Å². The minimum absolute atomic E-state index is 0.128. The Bertz CT molecular complexity index is 328. The van der Waals surface area contributed by atoms with Crippen LogP contribution in [0.15, 0.2) is 11.6 Å². The van der Waals surface area contributed by atoms with Crippen molar-refractivity contribution in [2.24, 2.45) is 5.92 Å². The first-order valence-corrected chi connectivity index (χ1v) is 7.09. The van der Waals surface area contributed by atoms with Crippen molar-refractivity contribution in [1.29, 1.82) is 0 Å². The third-order valence-electron chi connectivity index (χ3n) is 4.61. The van der Waals surface area contributed by atoms with Gasteiger partial charge >= 0.3 is 0 Å². The van der Waals surface area contributed by atoms with Crippen LogP contribution < -0.4 is 0 Å². The molecule has 104 valence electrons. The highest BCUT2D eigenvalue weighted by atomic mass is 16.5. The van der Waals surface area contributed by atoms with Gasteiger partial charge in [0, 0.05) is 24.2 Å². The Morgan fingerprint density at radius 3 is 2.17 bits per heavy atom. The van der Waals surface area contributed by atoms with E-state index in [0.29, 0.717) is 5.92 Å². The van der Waals surface area contributed by atoms with Crippen LogP contribution in [0.1, 0.15) is 47.0 Å². The zero-order valence-corrected chi connectivity index (χ0v) is 12.5. The van der Waals surface area contributed by atoms with Crippen LogP contribution in [-0.2, 0) is 0 Å². The topological polar surface area (TPSA) is 26.7 Å². The normalized spacial score (nSPS) is 30.2. The highest BCUT2D eigenvalue weighted by molar-refractivity contribution is 5.15. The molecule has 2 heterocycles. The molecule has 0 bridgehead atoms. The lowest BCUT2D eigenvalue weighted by atomic mass is 9.71. The first-order chi connectivity index (χ1) is 8.22. The van der Waals surface area contributed by atoms with Crippen LogP contribution in [0.3, 0.4) is 0 Å². The summed E-state index contributed by atoms with van der Waals surface area (Å²) in [6, 6.07) is 0. The second-order valence-corrected chi connectivity index (χ2v) is 7.33. The van der Waals surface area contributed by atoms with E-state index in [9.17, 15) is 5.21 Å². The van der Waals surface area contributed by atoms with E-state index in [1.165, 1.54) is 13.0 Å². The number of likely N-dealkylation sites (N-methyl/N-ethyl adjacent to an activating group) is 1. The van der Waals surface area contributed by atoms with Crippen LogP contribution in [0.2, 0.25) is 0 Å². The Balaban J connectivity index is 2.16. The number of hydroxylamine groups is 2. The van der Waals surface area contributed by atoms with Crippen molar-refractivity contribution in [3.05, 3.63) is 11.6 Å². The Labute approximate surface area is 111 Å². The zero-order chi connectivity index (χ0) is 13.6. The number of nitrogens with zero attached hydrogens (tertiary/aromatic N) is 2. The van der Waals surface area contributed by atoms with Crippen molar-refractivity contribution in [1.82, 2.24) is 9.96 Å². The lowest BCUT2D eigenvalue weighted by Crippen LogP contribution is -2.59. The molecule has 18 heavy (non-hydrogen) atoms. The van der Waals surface area contributed by atoms with E-state index in [2.05, 4.69) is 45.7 Å². The van der Waals surface area contributed by atoms with E-state index < -0.39 is 0 Å². The van der Waals surface area contributed by atoms with Crippen molar-refractivity contribution >= 4 is 0 Å². The summed E-state index contributed by atoms with van der Waals surface area (Å²) in [6.45, 7) is 10.8. The molecule has 0 saturated carbocycles. The van der Waals surface area contributed by atoms with Gasteiger partial charge < -0.3 is 10.1 Å². The molecule has 0 aromatic heterocycles. The Morgan fingerprint density at radius 2 is 1.72 bits per heavy atom. The van der Waals surface area contributed by atoms with E-state index in [0.717, 1.165) is 19.4 Å². The highest BCUT2D eigenvalue weighted by Crippen LogP contribution is 2.43. The van der Waals surface area contributed by atoms with E-state index in [1.54, 1.807) is 10.6 Å². The van der Waals surface area contributed by atoms with Gasteiger partial charge in [-0.15, -0.1) is 0 Å². The SMILES string of the molecule is CN1CC=C(C2CC(C)(C)N(O)C(C)(C)C2)CC1. The molecule has 3 heteroatoms. The maximum atomic E-state index is 10.3. The maximum Gasteiger partial charge on any atom is 0.0416 e. The first kappa shape index (κ1) is 14.0. The molecule has 3 nitrogen and oxygen atoms in total. The number of hydrogen-bond donors (Lipinski definition) is 1. The summed E-state index contributed by atoms with van der Waals surface area (Å²) in [5.74, 6) is 0.632. The average Bonchev–Trinajstić information content (AvgIpc) is 2.26. The Hall–Kier alpha value is -0.380. The van der Waals surface area contributed by atoms with Crippen molar-refractivity contribution in [3.63, 3.8) is 0 Å². The molecule has 2 aliphatic heterocycles. The van der Waals surface area contributed by atoms with Gasteiger partial charge in [-0.25, -0.2) is 0 Å².